The first-order valence-electron chi connectivity index (χ1n) is 12.4. The summed E-state index contributed by atoms with van der Waals surface area (Å²) >= 11 is 0. The highest BCUT2D eigenvalue weighted by molar-refractivity contribution is 5.88. The molecule has 0 saturated carbocycles. The van der Waals surface area contributed by atoms with Crippen LogP contribution in [0.2, 0.25) is 0 Å². The number of carbonyl (C=O) groups excluding carboxylic acids is 1. The van der Waals surface area contributed by atoms with E-state index in [9.17, 15) is 22.8 Å². The van der Waals surface area contributed by atoms with Crippen LogP contribution in [0, 0.1) is 12.7 Å². The van der Waals surface area contributed by atoms with E-state index in [1.165, 1.54) is 30.7 Å². The van der Waals surface area contributed by atoms with Crippen molar-refractivity contribution in [1.82, 2.24) is 19.4 Å². The van der Waals surface area contributed by atoms with Gasteiger partial charge in [0, 0.05) is 53.2 Å². The molecular formula is C27H34F3N5O3. The van der Waals surface area contributed by atoms with Crippen LogP contribution in [-0.4, -0.2) is 52.6 Å². The molecule has 0 bridgehead atoms. The van der Waals surface area contributed by atoms with Crippen LogP contribution in [0.3, 0.4) is 0 Å². The number of rotatable bonds is 6. The summed E-state index contributed by atoms with van der Waals surface area (Å²) in [5.41, 5.74) is -1.16. The molecule has 1 aromatic carbocycles. The van der Waals surface area contributed by atoms with Crippen LogP contribution in [0.15, 0.2) is 29.1 Å². The molecule has 0 radical (unpaired) electrons. The fraction of sp³-hybridized carbons (Fsp3) is 0.481. The van der Waals surface area contributed by atoms with Gasteiger partial charge in [-0.25, -0.2) is 23.1 Å². The van der Waals surface area contributed by atoms with Gasteiger partial charge in [-0.3, -0.25) is 14.2 Å². The van der Waals surface area contributed by atoms with Crippen LogP contribution >= 0.6 is 0 Å². The summed E-state index contributed by atoms with van der Waals surface area (Å²) in [6.45, 7) is 7.77. The fourth-order valence-corrected chi connectivity index (χ4v) is 4.80. The molecule has 2 aromatic heterocycles. The Bertz CT molecular complexity index is 1390. The zero-order valence-corrected chi connectivity index (χ0v) is 22.8. The number of hydrogen-bond acceptors (Lipinski definition) is 6. The van der Waals surface area contributed by atoms with Crippen LogP contribution in [0.4, 0.5) is 19.0 Å². The van der Waals surface area contributed by atoms with Gasteiger partial charge < -0.3 is 14.5 Å². The number of ether oxygens (including phenoxy) is 1. The van der Waals surface area contributed by atoms with Crippen molar-refractivity contribution in [1.29, 1.82) is 0 Å². The lowest BCUT2D eigenvalue weighted by Gasteiger charge is -2.29. The van der Waals surface area contributed by atoms with Gasteiger partial charge in [0.15, 0.2) is 0 Å². The summed E-state index contributed by atoms with van der Waals surface area (Å²) in [6.07, 6.45) is -2.49. The number of benzene rings is 1. The van der Waals surface area contributed by atoms with Gasteiger partial charge in [-0.2, -0.15) is 0 Å². The number of alkyl halides is 2. The van der Waals surface area contributed by atoms with Crippen molar-refractivity contribution in [3.05, 3.63) is 63.0 Å². The summed E-state index contributed by atoms with van der Waals surface area (Å²) in [5.74, 6) is -0.280. The minimum absolute atomic E-state index is 0.0380. The highest BCUT2D eigenvalue weighted by Gasteiger charge is 2.43. The predicted molar refractivity (Wildman–Crippen MR) is 140 cm³/mol. The van der Waals surface area contributed by atoms with Crippen molar-refractivity contribution in [3.63, 3.8) is 0 Å². The molecule has 3 aromatic rings. The second-order valence-corrected chi connectivity index (χ2v) is 9.12. The Hall–Kier alpha value is -3.47. The first-order valence-corrected chi connectivity index (χ1v) is 12.4. The minimum Gasteiger partial charge on any atom is -0.371 e. The number of fused-ring (bicyclic) bond motifs is 1. The maximum atomic E-state index is 14.7. The van der Waals surface area contributed by atoms with Crippen molar-refractivity contribution in [2.24, 2.45) is 7.05 Å². The SMILES string of the molecule is CC.COC1(c2cc3c(N(C)Cc4cccc(C(F)F)c4F)nc(C)nc3n(C)c2=O)CCN(C(C)=O)C1. The maximum Gasteiger partial charge on any atom is 0.266 e. The zero-order valence-electron chi connectivity index (χ0n) is 22.8. The highest BCUT2D eigenvalue weighted by atomic mass is 19.3. The van der Waals surface area contributed by atoms with Gasteiger partial charge >= 0.3 is 0 Å². The van der Waals surface area contributed by atoms with E-state index in [1.54, 1.807) is 36.9 Å². The Morgan fingerprint density at radius 3 is 2.53 bits per heavy atom. The highest BCUT2D eigenvalue weighted by Crippen LogP contribution is 2.36. The van der Waals surface area contributed by atoms with Gasteiger partial charge in [0.1, 0.15) is 28.7 Å². The van der Waals surface area contributed by atoms with Crippen LogP contribution < -0.4 is 10.5 Å². The Morgan fingerprint density at radius 2 is 1.95 bits per heavy atom. The molecule has 1 unspecified atom stereocenters. The number of anilines is 1. The quantitative estimate of drug-likeness (QED) is 0.465. The number of nitrogens with zero attached hydrogens (tertiary/aromatic N) is 5. The predicted octanol–water partition coefficient (Wildman–Crippen LogP) is 4.47. The minimum atomic E-state index is -2.93. The largest absolute Gasteiger partial charge is 0.371 e. The van der Waals surface area contributed by atoms with E-state index < -0.39 is 23.4 Å². The molecule has 0 aliphatic carbocycles. The van der Waals surface area contributed by atoms with Crippen molar-refractivity contribution in [3.8, 4) is 0 Å². The first kappa shape index (κ1) is 29.1. The molecule has 0 N–H and O–H groups in total. The number of pyridine rings is 1. The standard InChI is InChI=1S/C25H28F3N5O3.C2H6/c1-14-29-22(31(3)12-16-7-6-8-17(20(16)26)21(27)28)18-11-19(24(35)32(4)23(18)30-14)25(36-5)9-10-33(13-25)15(2)34;1-2/h6-8,11,21H,9-10,12-13H2,1-5H3;1-2H3. The van der Waals surface area contributed by atoms with E-state index in [0.717, 1.165) is 6.07 Å². The lowest BCUT2D eigenvalue weighted by molar-refractivity contribution is -0.129. The number of amides is 1. The Labute approximate surface area is 220 Å². The van der Waals surface area contributed by atoms with E-state index in [-0.39, 0.29) is 30.1 Å². The van der Waals surface area contributed by atoms with E-state index in [1.807, 2.05) is 13.8 Å². The number of hydrogen-bond donors (Lipinski definition) is 0. The number of carbonyl (C=O) groups is 1. The number of halogens is 3. The summed E-state index contributed by atoms with van der Waals surface area (Å²) in [6, 6.07) is 5.57. The molecule has 4 rings (SSSR count). The molecule has 38 heavy (non-hydrogen) atoms. The molecular weight excluding hydrogens is 499 g/mol. The Balaban J connectivity index is 0.00000195. The summed E-state index contributed by atoms with van der Waals surface area (Å²) in [4.78, 5) is 37.6. The van der Waals surface area contributed by atoms with Gasteiger partial charge in [-0.15, -0.1) is 0 Å². The number of likely N-dealkylation sites (tertiary alicyclic amines) is 1. The van der Waals surface area contributed by atoms with Gasteiger partial charge in [-0.05, 0) is 13.0 Å². The van der Waals surface area contributed by atoms with Gasteiger partial charge in [0.25, 0.3) is 12.0 Å². The second-order valence-electron chi connectivity index (χ2n) is 9.12. The molecule has 206 valence electrons. The van der Waals surface area contributed by atoms with Crippen molar-refractivity contribution in [2.75, 3.05) is 32.1 Å². The molecule has 1 aliphatic heterocycles. The normalized spacial score (nSPS) is 17.1. The van der Waals surface area contributed by atoms with Crippen molar-refractivity contribution < 1.29 is 22.7 Å². The topological polar surface area (TPSA) is 80.6 Å². The molecule has 1 amide bonds. The Morgan fingerprint density at radius 1 is 1.26 bits per heavy atom. The molecule has 3 heterocycles. The third kappa shape index (κ3) is 5.24. The maximum absolute atomic E-state index is 14.7. The lowest BCUT2D eigenvalue weighted by Crippen LogP contribution is -2.40. The van der Waals surface area contributed by atoms with E-state index in [4.69, 9.17) is 4.74 Å². The molecule has 11 heteroatoms. The van der Waals surface area contributed by atoms with E-state index >= 15 is 0 Å². The average Bonchev–Trinajstić information content (AvgIpc) is 3.34. The number of aryl methyl sites for hydroxylation is 2. The van der Waals surface area contributed by atoms with E-state index in [0.29, 0.717) is 41.2 Å². The lowest BCUT2D eigenvalue weighted by atomic mass is 9.92. The smallest absolute Gasteiger partial charge is 0.266 e. The first-order chi connectivity index (χ1) is 18.0. The van der Waals surface area contributed by atoms with Gasteiger partial charge in [-0.1, -0.05) is 32.0 Å². The molecule has 1 aliphatic rings. The molecule has 1 atom stereocenters. The monoisotopic (exact) mass is 533 g/mol. The summed E-state index contributed by atoms with van der Waals surface area (Å²) in [7, 11) is 4.77. The molecule has 0 spiro atoms. The summed E-state index contributed by atoms with van der Waals surface area (Å²) < 4.78 is 48.4. The fourth-order valence-electron chi connectivity index (χ4n) is 4.80. The van der Waals surface area contributed by atoms with Crippen LogP contribution in [0.5, 0.6) is 0 Å². The van der Waals surface area contributed by atoms with Gasteiger partial charge in [0.2, 0.25) is 5.91 Å². The third-order valence-electron chi connectivity index (χ3n) is 6.83. The molecule has 1 saturated heterocycles. The number of aromatic nitrogens is 3. The number of methoxy groups -OCH3 is 1. The molecule has 8 nitrogen and oxygen atoms in total. The van der Waals surface area contributed by atoms with E-state index in [2.05, 4.69) is 9.97 Å². The van der Waals surface area contributed by atoms with Crippen LogP contribution in [0.1, 0.15) is 56.1 Å². The van der Waals surface area contributed by atoms with Crippen LogP contribution in [-0.2, 0) is 28.7 Å². The van der Waals surface area contributed by atoms with Gasteiger partial charge in [0.05, 0.1) is 23.1 Å². The van der Waals surface area contributed by atoms with Crippen LogP contribution in [0.25, 0.3) is 11.0 Å². The van der Waals surface area contributed by atoms with Crippen molar-refractivity contribution in [2.45, 2.75) is 52.7 Å². The second kappa shape index (κ2) is 11.5. The molecule has 1 fully saturated rings. The van der Waals surface area contributed by atoms with Crippen molar-refractivity contribution >= 4 is 22.8 Å². The summed E-state index contributed by atoms with van der Waals surface area (Å²) in [5, 5.41) is 0.517. The zero-order chi connectivity index (χ0) is 28.4. The third-order valence-corrected chi connectivity index (χ3v) is 6.83. The average molecular weight is 534 g/mol. The Kier molecular flexibility index (Phi) is 8.81.